The predicted octanol–water partition coefficient (Wildman–Crippen LogP) is 2.06. The maximum atomic E-state index is 6.30. The summed E-state index contributed by atoms with van der Waals surface area (Å²) >= 11 is 0. The molecule has 0 aromatic carbocycles. The van der Waals surface area contributed by atoms with Crippen LogP contribution in [0.2, 0.25) is 0 Å². The molecule has 2 fully saturated rings. The first kappa shape index (κ1) is 15.0. The van der Waals surface area contributed by atoms with Crippen molar-refractivity contribution in [1.29, 1.82) is 0 Å². The molecule has 0 amide bonds. The molecule has 1 aromatic rings. The fraction of sp³-hybridized carbons (Fsp3) is 0.812. The van der Waals surface area contributed by atoms with Gasteiger partial charge < -0.3 is 14.2 Å². The number of aromatic nitrogens is 1. The van der Waals surface area contributed by atoms with Gasteiger partial charge in [-0.05, 0) is 33.9 Å². The lowest BCUT2D eigenvalue weighted by Crippen LogP contribution is -2.57. The van der Waals surface area contributed by atoms with Gasteiger partial charge in [-0.1, -0.05) is 18.0 Å². The Balaban J connectivity index is 1.72. The Bertz CT molecular complexity index is 466. The Kier molecular flexibility index (Phi) is 4.33. The van der Waals surface area contributed by atoms with Gasteiger partial charge in [-0.3, -0.25) is 4.90 Å². The molecule has 118 valence electrons. The molecular formula is C16H27N3O2. The van der Waals surface area contributed by atoms with Crippen molar-refractivity contribution >= 4 is 0 Å². The van der Waals surface area contributed by atoms with E-state index in [1.807, 2.05) is 13.0 Å². The molecule has 0 N–H and O–H groups in total. The second-order valence-electron chi connectivity index (χ2n) is 6.96. The summed E-state index contributed by atoms with van der Waals surface area (Å²) < 4.78 is 11.7. The van der Waals surface area contributed by atoms with Gasteiger partial charge in [0.2, 0.25) is 0 Å². The molecule has 2 aliphatic rings. The first-order valence-corrected chi connectivity index (χ1v) is 8.01. The average molecular weight is 293 g/mol. The second-order valence-corrected chi connectivity index (χ2v) is 6.96. The summed E-state index contributed by atoms with van der Waals surface area (Å²) in [5, 5.41) is 4.01. The van der Waals surface area contributed by atoms with Crippen molar-refractivity contribution in [3.63, 3.8) is 0 Å². The highest BCUT2D eigenvalue weighted by molar-refractivity contribution is 5.05. The standard InChI is InChI=1S/C16H27N3O2/c1-13-8-15(21-17-13)10-19-12-16(6-4-5-7-16)20-11-14(19)9-18(2)3/h8,14H,4-7,9-12H2,1-3H3. The zero-order valence-corrected chi connectivity index (χ0v) is 13.5. The molecule has 0 radical (unpaired) electrons. The van der Waals surface area contributed by atoms with E-state index in [4.69, 9.17) is 9.26 Å². The summed E-state index contributed by atoms with van der Waals surface area (Å²) in [6.45, 7) is 5.67. The highest BCUT2D eigenvalue weighted by Gasteiger charge is 2.42. The Morgan fingerprint density at radius 2 is 2.14 bits per heavy atom. The number of hydrogen-bond donors (Lipinski definition) is 0. The maximum Gasteiger partial charge on any atom is 0.150 e. The monoisotopic (exact) mass is 293 g/mol. The largest absolute Gasteiger partial charge is 0.372 e. The third-order valence-corrected chi connectivity index (χ3v) is 4.72. The van der Waals surface area contributed by atoms with Crippen LogP contribution in [-0.2, 0) is 11.3 Å². The van der Waals surface area contributed by atoms with E-state index in [0.29, 0.717) is 6.04 Å². The molecule has 3 rings (SSSR count). The molecule has 1 aliphatic carbocycles. The highest BCUT2D eigenvalue weighted by Crippen LogP contribution is 2.37. The second kappa shape index (κ2) is 6.07. The Hall–Kier alpha value is -0.910. The smallest absolute Gasteiger partial charge is 0.150 e. The third kappa shape index (κ3) is 3.47. The summed E-state index contributed by atoms with van der Waals surface area (Å²) in [6, 6.07) is 2.47. The van der Waals surface area contributed by atoms with Gasteiger partial charge in [-0.25, -0.2) is 0 Å². The van der Waals surface area contributed by atoms with E-state index < -0.39 is 0 Å². The first-order valence-electron chi connectivity index (χ1n) is 8.01. The quantitative estimate of drug-likeness (QED) is 0.850. The molecule has 5 heteroatoms. The van der Waals surface area contributed by atoms with E-state index >= 15 is 0 Å². The fourth-order valence-electron chi connectivity index (χ4n) is 3.71. The third-order valence-electron chi connectivity index (χ3n) is 4.72. The summed E-state index contributed by atoms with van der Waals surface area (Å²) in [5.74, 6) is 0.964. The van der Waals surface area contributed by atoms with Crippen LogP contribution in [0.3, 0.4) is 0 Å². The molecule has 1 atom stereocenters. The predicted molar refractivity (Wildman–Crippen MR) is 81.1 cm³/mol. The van der Waals surface area contributed by atoms with Gasteiger partial charge in [0, 0.05) is 25.2 Å². The number of rotatable bonds is 4. The van der Waals surface area contributed by atoms with Gasteiger partial charge in [-0.15, -0.1) is 0 Å². The zero-order valence-electron chi connectivity index (χ0n) is 13.5. The Morgan fingerprint density at radius 3 is 2.76 bits per heavy atom. The fourth-order valence-corrected chi connectivity index (χ4v) is 3.71. The minimum Gasteiger partial charge on any atom is -0.372 e. The molecular weight excluding hydrogens is 266 g/mol. The molecule has 1 unspecified atom stereocenters. The highest BCUT2D eigenvalue weighted by atomic mass is 16.5. The number of hydrogen-bond acceptors (Lipinski definition) is 5. The summed E-state index contributed by atoms with van der Waals surface area (Å²) in [6.07, 6.45) is 5.00. The molecule has 1 spiro atoms. The molecule has 1 saturated heterocycles. The van der Waals surface area contributed by atoms with Gasteiger partial charge in [0.05, 0.1) is 24.4 Å². The van der Waals surface area contributed by atoms with Gasteiger partial charge in [0.1, 0.15) is 0 Å². The van der Waals surface area contributed by atoms with E-state index in [1.165, 1.54) is 25.7 Å². The summed E-state index contributed by atoms with van der Waals surface area (Å²) in [7, 11) is 4.24. The minimum absolute atomic E-state index is 0.0951. The Labute approximate surface area is 127 Å². The van der Waals surface area contributed by atoms with Crippen molar-refractivity contribution in [2.45, 2.75) is 50.8 Å². The van der Waals surface area contributed by atoms with Crippen LogP contribution in [0.1, 0.15) is 37.1 Å². The average Bonchev–Trinajstić information content (AvgIpc) is 3.03. The van der Waals surface area contributed by atoms with E-state index in [0.717, 1.165) is 37.7 Å². The van der Waals surface area contributed by atoms with Crippen LogP contribution in [0.25, 0.3) is 0 Å². The number of likely N-dealkylation sites (N-methyl/N-ethyl adjacent to an activating group) is 1. The summed E-state index contributed by atoms with van der Waals surface area (Å²) in [5.41, 5.74) is 1.05. The van der Waals surface area contributed by atoms with Crippen LogP contribution in [0, 0.1) is 6.92 Å². The van der Waals surface area contributed by atoms with Crippen LogP contribution in [0.5, 0.6) is 0 Å². The van der Waals surface area contributed by atoms with Crippen molar-refractivity contribution in [3.8, 4) is 0 Å². The van der Waals surface area contributed by atoms with Crippen molar-refractivity contribution in [1.82, 2.24) is 15.0 Å². The molecule has 1 aliphatic heterocycles. The van der Waals surface area contributed by atoms with E-state index in [1.54, 1.807) is 0 Å². The molecule has 5 nitrogen and oxygen atoms in total. The van der Waals surface area contributed by atoms with Crippen LogP contribution in [0.4, 0.5) is 0 Å². The van der Waals surface area contributed by atoms with Gasteiger partial charge in [0.15, 0.2) is 5.76 Å². The Morgan fingerprint density at radius 1 is 1.38 bits per heavy atom. The van der Waals surface area contributed by atoms with Crippen molar-refractivity contribution in [2.24, 2.45) is 0 Å². The van der Waals surface area contributed by atoms with Gasteiger partial charge >= 0.3 is 0 Å². The van der Waals surface area contributed by atoms with Gasteiger partial charge in [-0.2, -0.15) is 0 Å². The molecule has 1 saturated carbocycles. The normalized spacial score (nSPS) is 26.0. The number of nitrogens with zero attached hydrogens (tertiary/aromatic N) is 3. The number of aryl methyl sites for hydroxylation is 1. The number of ether oxygens (including phenoxy) is 1. The molecule has 2 heterocycles. The van der Waals surface area contributed by atoms with Crippen molar-refractivity contribution in [3.05, 3.63) is 17.5 Å². The first-order chi connectivity index (χ1) is 10.1. The van der Waals surface area contributed by atoms with E-state index in [9.17, 15) is 0 Å². The van der Waals surface area contributed by atoms with E-state index in [-0.39, 0.29) is 5.60 Å². The molecule has 0 bridgehead atoms. The lowest BCUT2D eigenvalue weighted by Gasteiger charge is -2.45. The van der Waals surface area contributed by atoms with Gasteiger partial charge in [0.25, 0.3) is 0 Å². The zero-order chi connectivity index (χ0) is 14.9. The maximum absolute atomic E-state index is 6.30. The van der Waals surface area contributed by atoms with Crippen LogP contribution >= 0.6 is 0 Å². The van der Waals surface area contributed by atoms with Crippen LogP contribution in [0.15, 0.2) is 10.6 Å². The number of morpholine rings is 1. The molecule has 21 heavy (non-hydrogen) atoms. The lowest BCUT2D eigenvalue weighted by atomic mass is 9.97. The lowest BCUT2D eigenvalue weighted by molar-refractivity contribution is -0.137. The van der Waals surface area contributed by atoms with Crippen LogP contribution < -0.4 is 0 Å². The van der Waals surface area contributed by atoms with E-state index in [2.05, 4.69) is 29.1 Å². The summed E-state index contributed by atoms with van der Waals surface area (Å²) in [4.78, 5) is 4.77. The minimum atomic E-state index is 0.0951. The SMILES string of the molecule is Cc1cc(CN2CC3(CCCC3)OCC2CN(C)C)on1. The van der Waals surface area contributed by atoms with Crippen LogP contribution in [-0.4, -0.2) is 60.4 Å². The molecule has 1 aromatic heterocycles. The van der Waals surface area contributed by atoms with Crippen molar-refractivity contribution in [2.75, 3.05) is 33.8 Å². The van der Waals surface area contributed by atoms with Crippen molar-refractivity contribution < 1.29 is 9.26 Å². The topological polar surface area (TPSA) is 41.7 Å².